The fraction of sp³-hybridized carbons (Fsp3) is 0.571. The molecule has 0 nitrogen and oxygen atoms in total. The lowest BCUT2D eigenvalue weighted by molar-refractivity contribution is -0.137. The van der Waals surface area contributed by atoms with Gasteiger partial charge in [0.2, 0.25) is 0 Å². The molecular formula is C14H17F3. The summed E-state index contributed by atoms with van der Waals surface area (Å²) in [7, 11) is 0. The van der Waals surface area contributed by atoms with Gasteiger partial charge in [0.15, 0.2) is 0 Å². The molecule has 17 heavy (non-hydrogen) atoms. The first-order valence-corrected chi connectivity index (χ1v) is 6.05. The van der Waals surface area contributed by atoms with Gasteiger partial charge in [0.1, 0.15) is 0 Å². The van der Waals surface area contributed by atoms with Crippen LogP contribution in [0.25, 0.3) is 0 Å². The van der Waals surface area contributed by atoms with Crippen molar-refractivity contribution in [1.82, 2.24) is 0 Å². The van der Waals surface area contributed by atoms with Gasteiger partial charge in [-0.25, -0.2) is 0 Å². The maximum atomic E-state index is 12.4. The molecule has 0 spiro atoms. The topological polar surface area (TPSA) is 0 Å². The Morgan fingerprint density at radius 2 is 1.41 bits per heavy atom. The van der Waals surface area contributed by atoms with Crippen LogP contribution in [-0.4, -0.2) is 0 Å². The third-order valence-corrected chi connectivity index (χ3v) is 3.99. The molecule has 3 heteroatoms. The Hall–Kier alpha value is -0.990. The summed E-state index contributed by atoms with van der Waals surface area (Å²) < 4.78 is 37.3. The SMILES string of the molecule is C[C@@H]1CC(c2ccc(C(F)(F)F)cc2)C[C@@H]1C. The van der Waals surface area contributed by atoms with Crippen LogP contribution in [0.15, 0.2) is 24.3 Å². The summed E-state index contributed by atoms with van der Waals surface area (Å²) in [5.41, 5.74) is 0.495. The van der Waals surface area contributed by atoms with Gasteiger partial charge in [0.25, 0.3) is 0 Å². The fourth-order valence-electron chi connectivity index (χ4n) is 2.67. The van der Waals surface area contributed by atoms with E-state index in [1.54, 1.807) is 12.1 Å². The molecule has 0 saturated heterocycles. The lowest BCUT2D eigenvalue weighted by atomic mass is 9.95. The molecule has 1 fully saturated rings. The Bertz CT molecular complexity index is 367. The summed E-state index contributed by atoms with van der Waals surface area (Å²) >= 11 is 0. The van der Waals surface area contributed by atoms with Gasteiger partial charge < -0.3 is 0 Å². The van der Waals surface area contributed by atoms with Crippen molar-refractivity contribution in [2.24, 2.45) is 11.8 Å². The largest absolute Gasteiger partial charge is 0.416 e. The lowest BCUT2D eigenvalue weighted by Gasteiger charge is -2.12. The van der Waals surface area contributed by atoms with Crippen LogP contribution in [0.5, 0.6) is 0 Å². The Balaban J connectivity index is 2.14. The summed E-state index contributed by atoms with van der Waals surface area (Å²) in [6.45, 7) is 4.43. The highest BCUT2D eigenvalue weighted by Crippen LogP contribution is 2.42. The standard InChI is InChI=1S/C14H17F3/c1-9-7-12(8-10(9)2)11-3-5-13(6-4-11)14(15,16)17/h3-6,9-10,12H,7-8H2,1-2H3/t9-,10+,12?. The number of hydrogen-bond donors (Lipinski definition) is 0. The molecule has 1 aliphatic carbocycles. The first kappa shape index (κ1) is 12.5. The molecule has 1 saturated carbocycles. The third kappa shape index (κ3) is 2.64. The number of rotatable bonds is 1. The molecule has 1 unspecified atom stereocenters. The van der Waals surface area contributed by atoms with Crippen molar-refractivity contribution in [3.8, 4) is 0 Å². The Labute approximate surface area is 99.8 Å². The highest BCUT2D eigenvalue weighted by Gasteiger charge is 2.32. The summed E-state index contributed by atoms with van der Waals surface area (Å²) in [4.78, 5) is 0. The molecule has 0 radical (unpaired) electrons. The smallest absolute Gasteiger partial charge is 0.166 e. The van der Waals surface area contributed by atoms with E-state index in [2.05, 4.69) is 13.8 Å². The van der Waals surface area contributed by atoms with Crippen LogP contribution in [0.4, 0.5) is 13.2 Å². The van der Waals surface area contributed by atoms with Crippen LogP contribution in [0.3, 0.4) is 0 Å². The quantitative estimate of drug-likeness (QED) is 0.660. The molecule has 3 atom stereocenters. The summed E-state index contributed by atoms with van der Waals surface area (Å²) in [5, 5.41) is 0. The average molecular weight is 242 g/mol. The minimum absolute atomic E-state index is 0.433. The maximum Gasteiger partial charge on any atom is 0.416 e. The molecule has 1 aromatic carbocycles. The van der Waals surface area contributed by atoms with E-state index in [4.69, 9.17) is 0 Å². The van der Waals surface area contributed by atoms with Crippen molar-refractivity contribution in [3.05, 3.63) is 35.4 Å². The zero-order valence-electron chi connectivity index (χ0n) is 10.1. The summed E-state index contributed by atoms with van der Waals surface area (Å²) in [5.74, 6) is 1.77. The molecule has 0 N–H and O–H groups in total. The van der Waals surface area contributed by atoms with E-state index in [0.717, 1.165) is 18.4 Å². The predicted octanol–water partition coefficient (Wildman–Crippen LogP) is 4.86. The van der Waals surface area contributed by atoms with Gasteiger partial charge in [-0.3, -0.25) is 0 Å². The van der Waals surface area contributed by atoms with Gasteiger partial charge in [-0.05, 0) is 48.3 Å². The second-order valence-electron chi connectivity index (χ2n) is 5.24. The highest BCUT2D eigenvalue weighted by molar-refractivity contribution is 5.27. The van der Waals surface area contributed by atoms with E-state index >= 15 is 0 Å². The number of alkyl halides is 3. The van der Waals surface area contributed by atoms with E-state index in [-0.39, 0.29) is 0 Å². The van der Waals surface area contributed by atoms with E-state index in [9.17, 15) is 13.2 Å². The van der Waals surface area contributed by atoms with Crippen LogP contribution in [0.2, 0.25) is 0 Å². The van der Waals surface area contributed by atoms with Crippen molar-refractivity contribution in [2.45, 2.75) is 38.8 Å². The molecular weight excluding hydrogens is 225 g/mol. The first-order valence-electron chi connectivity index (χ1n) is 6.05. The van der Waals surface area contributed by atoms with Crippen LogP contribution < -0.4 is 0 Å². The molecule has 0 bridgehead atoms. The van der Waals surface area contributed by atoms with Gasteiger partial charge in [0.05, 0.1) is 5.56 Å². The van der Waals surface area contributed by atoms with Crippen molar-refractivity contribution in [3.63, 3.8) is 0 Å². The number of benzene rings is 1. The lowest BCUT2D eigenvalue weighted by Crippen LogP contribution is -2.05. The first-order chi connectivity index (χ1) is 7.88. The van der Waals surface area contributed by atoms with E-state index in [0.29, 0.717) is 17.8 Å². The Morgan fingerprint density at radius 3 is 1.82 bits per heavy atom. The second kappa shape index (κ2) is 4.35. The summed E-state index contributed by atoms with van der Waals surface area (Å²) in [6, 6.07) is 5.67. The summed E-state index contributed by atoms with van der Waals surface area (Å²) in [6.07, 6.45) is -2.05. The van der Waals surface area contributed by atoms with Crippen LogP contribution >= 0.6 is 0 Å². The van der Waals surface area contributed by atoms with Gasteiger partial charge in [0, 0.05) is 0 Å². The second-order valence-corrected chi connectivity index (χ2v) is 5.24. The zero-order valence-corrected chi connectivity index (χ0v) is 10.1. The molecule has 1 aromatic rings. The number of halogens is 3. The number of hydrogen-bond acceptors (Lipinski definition) is 0. The molecule has 0 amide bonds. The van der Waals surface area contributed by atoms with Crippen molar-refractivity contribution in [2.75, 3.05) is 0 Å². The van der Waals surface area contributed by atoms with Crippen molar-refractivity contribution in [1.29, 1.82) is 0 Å². The van der Waals surface area contributed by atoms with Crippen LogP contribution in [0.1, 0.15) is 43.7 Å². The van der Waals surface area contributed by atoms with Crippen LogP contribution in [-0.2, 0) is 6.18 Å². The van der Waals surface area contributed by atoms with Gasteiger partial charge in [-0.15, -0.1) is 0 Å². The van der Waals surface area contributed by atoms with E-state index in [1.165, 1.54) is 12.1 Å². The van der Waals surface area contributed by atoms with Gasteiger partial charge in [-0.1, -0.05) is 26.0 Å². The third-order valence-electron chi connectivity index (χ3n) is 3.99. The highest BCUT2D eigenvalue weighted by atomic mass is 19.4. The van der Waals surface area contributed by atoms with Crippen molar-refractivity contribution < 1.29 is 13.2 Å². The minimum atomic E-state index is -4.23. The maximum absolute atomic E-state index is 12.4. The Morgan fingerprint density at radius 1 is 0.941 bits per heavy atom. The van der Waals surface area contributed by atoms with Crippen LogP contribution in [0, 0.1) is 11.8 Å². The van der Waals surface area contributed by atoms with Gasteiger partial charge in [-0.2, -0.15) is 13.2 Å². The molecule has 0 heterocycles. The van der Waals surface area contributed by atoms with Crippen molar-refractivity contribution >= 4 is 0 Å². The van der Waals surface area contributed by atoms with E-state index in [1.807, 2.05) is 0 Å². The molecule has 2 rings (SSSR count). The molecule has 0 aliphatic heterocycles. The monoisotopic (exact) mass is 242 g/mol. The van der Waals surface area contributed by atoms with Gasteiger partial charge >= 0.3 is 6.18 Å². The predicted molar refractivity (Wildman–Crippen MR) is 61.7 cm³/mol. The normalized spacial score (nSPS) is 29.6. The molecule has 0 aromatic heterocycles. The fourth-order valence-corrected chi connectivity index (χ4v) is 2.67. The average Bonchev–Trinajstić information content (AvgIpc) is 2.58. The minimum Gasteiger partial charge on any atom is -0.166 e. The molecule has 1 aliphatic rings. The molecule has 94 valence electrons. The Kier molecular flexibility index (Phi) is 3.19. The van der Waals surface area contributed by atoms with E-state index < -0.39 is 11.7 Å². The zero-order chi connectivity index (χ0) is 12.6.